The van der Waals surface area contributed by atoms with Gasteiger partial charge in [0.15, 0.2) is 5.01 Å². The van der Waals surface area contributed by atoms with Crippen LogP contribution in [0, 0.1) is 0 Å². The Balaban J connectivity index is 1.42. The molecule has 0 spiro atoms. The number of para-hydroxylation sites is 4. The molecule has 4 rings (SSSR count). The number of nitrogens with two attached hydrogens (primary N) is 1. The maximum Gasteiger partial charge on any atom is 0.387 e. The number of rotatable bonds is 5. The van der Waals surface area contributed by atoms with Crippen molar-refractivity contribution in [2.45, 2.75) is 19.6 Å². The van der Waals surface area contributed by atoms with Crippen LogP contribution >= 0.6 is 11.3 Å². The van der Waals surface area contributed by atoms with Gasteiger partial charge in [0, 0.05) is 17.8 Å². The molecule has 12 heteroatoms. The molecule has 1 aliphatic heterocycles. The molecule has 3 aromatic rings. The SMILES string of the molecule is Nc1ccccc1NC(=O)c1nc2c(s1)CN(C(=O)C(=O)Nc1ccccc1OC(F)F)CC2. The predicted molar refractivity (Wildman–Crippen MR) is 122 cm³/mol. The number of thiazole rings is 1. The summed E-state index contributed by atoms with van der Waals surface area (Å²) >= 11 is 1.12. The summed E-state index contributed by atoms with van der Waals surface area (Å²) in [6, 6.07) is 12.4. The molecule has 0 unspecified atom stereocenters. The lowest BCUT2D eigenvalue weighted by molar-refractivity contribution is -0.143. The monoisotopic (exact) mass is 487 g/mol. The van der Waals surface area contributed by atoms with Gasteiger partial charge in [0.05, 0.1) is 29.3 Å². The predicted octanol–water partition coefficient (Wildman–Crippen LogP) is 3.10. The van der Waals surface area contributed by atoms with Crippen LogP contribution in [-0.4, -0.2) is 40.8 Å². The minimum atomic E-state index is -3.08. The Morgan fingerprint density at radius 1 is 1.06 bits per heavy atom. The number of carbonyl (C=O) groups excluding carboxylic acids is 3. The molecule has 176 valence electrons. The van der Waals surface area contributed by atoms with Crippen molar-refractivity contribution in [1.29, 1.82) is 0 Å². The number of carbonyl (C=O) groups is 3. The molecule has 0 atom stereocenters. The maximum absolute atomic E-state index is 12.7. The first kappa shape index (κ1) is 23.1. The maximum atomic E-state index is 12.7. The summed E-state index contributed by atoms with van der Waals surface area (Å²) in [5.41, 5.74) is 7.37. The summed E-state index contributed by atoms with van der Waals surface area (Å²) in [6.07, 6.45) is 0.358. The van der Waals surface area contributed by atoms with E-state index in [0.717, 1.165) is 11.3 Å². The fraction of sp³-hybridized carbons (Fsp3) is 0.182. The highest BCUT2D eigenvalue weighted by Crippen LogP contribution is 2.28. The van der Waals surface area contributed by atoms with Crippen LogP contribution in [0.3, 0.4) is 0 Å². The van der Waals surface area contributed by atoms with Crippen molar-refractivity contribution >= 4 is 46.1 Å². The summed E-state index contributed by atoms with van der Waals surface area (Å²) < 4.78 is 29.5. The van der Waals surface area contributed by atoms with Gasteiger partial charge >= 0.3 is 18.4 Å². The molecule has 0 bridgehead atoms. The molecule has 0 radical (unpaired) electrons. The fourth-order valence-corrected chi connectivity index (χ4v) is 4.36. The van der Waals surface area contributed by atoms with Crippen LogP contribution < -0.4 is 21.1 Å². The van der Waals surface area contributed by atoms with Crippen LogP contribution in [0.2, 0.25) is 0 Å². The van der Waals surface area contributed by atoms with Gasteiger partial charge in [0.25, 0.3) is 5.91 Å². The summed E-state index contributed by atoms with van der Waals surface area (Å²) in [6.45, 7) is -2.77. The normalized spacial score (nSPS) is 12.7. The average Bonchev–Trinajstić information content (AvgIpc) is 3.24. The number of amides is 3. The Kier molecular flexibility index (Phi) is 6.68. The standard InChI is InChI=1S/C22H19F2N5O4S/c23-22(24)33-16-8-4-3-7-14(16)27-19(31)21(32)29-10-9-15-17(11-29)34-20(28-15)18(30)26-13-6-2-1-5-12(13)25/h1-8,22H,9-11,25H2,(H,26,30)(H,27,31). The topological polar surface area (TPSA) is 127 Å². The Morgan fingerprint density at radius 2 is 1.76 bits per heavy atom. The van der Waals surface area contributed by atoms with Gasteiger partial charge in [-0.3, -0.25) is 14.4 Å². The Bertz CT molecular complexity index is 1250. The second-order valence-electron chi connectivity index (χ2n) is 7.24. The number of nitrogen functional groups attached to an aromatic ring is 1. The first-order chi connectivity index (χ1) is 16.3. The van der Waals surface area contributed by atoms with Gasteiger partial charge in [-0.25, -0.2) is 4.98 Å². The molecule has 1 aromatic heterocycles. The number of hydrogen-bond donors (Lipinski definition) is 3. The second-order valence-corrected chi connectivity index (χ2v) is 8.32. The van der Waals surface area contributed by atoms with E-state index in [1.165, 1.54) is 29.2 Å². The smallest absolute Gasteiger partial charge is 0.387 e. The molecule has 4 N–H and O–H groups in total. The van der Waals surface area contributed by atoms with E-state index in [0.29, 0.717) is 28.4 Å². The van der Waals surface area contributed by atoms with Gasteiger partial charge in [-0.2, -0.15) is 8.78 Å². The molecule has 2 heterocycles. The van der Waals surface area contributed by atoms with E-state index in [9.17, 15) is 23.2 Å². The molecule has 0 fully saturated rings. The number of aromatic nitrogens is 1. The van der Waals surface area contributed by atoms with Crippen molar-refractivity contribution in [3.05, 3.63) is 64.1 Å². The van der Waals surface area contributed by atoms with E-state index >= 15 is 0 Å². The number of nitrogens with one attached hydrogen (secondary N) is 2. The van der Waals surface area contributed by atoms with E-state index in [2.05, 4.69) is 20.4 Å². The number of ether oxygens (including phenoxy) is 1. The van der Waals surface area contributed by atoms with Crippen LogP contribution in [0.5, 0.6) is 5.75 Å². The molecule has 0 saturated heterocycles. The van der Waals surface area contributed by atoms with Gasteiger partial charge in [-0.1, -0.05) is 24.3 Å². The highest BCUT2D eigenvalue weighted by atomic mass is 32.1. The van der Waals surface area contributed by atoms with Gasteiger partial charge < -0.3 is 26.0 Å². The highest BCUT2D eigenvalue weighted by Gasteiger charge is 2.29. The molecular formula is C22H19F2N5O4S. The van der Waals surface area contributed by atoms with Crippen molar-refractivity contribution in [3.8, 4) is 5.75 Å². The third-order valence-electron chi connectivity index (χ3n) is 4.97. The van der Waals surface area contributed by atoms with Crippen molar-refractivity contribution in [1.82, 2.24) is 9.88 Å². The van der Waals surface area contributed by atoms with Gasteiger partial charge in [-0.05, 0) is 24.3 Å². The van der Waals surface area contributed by atoms with Crippen molar-refractivity contribution in [2.75, 3.05) is 22.9 Å². The molecule has 1 aliphatic rings. The minimum absolute atomic E-state index is 0.0456. The van der Waals surface area contributed by atoms with E-state index in [4.69, 9.17) is 5.73 Å². The van der Waals surface area contributed by atoms with Crippen LogP contribution in [-0.2, 0) is 22.6 Å². The number of fused-ring (bicyclic) bond motifs is 1. The molecule has 0 aliphatic carbocycles. The Labute approximate surface area is 196 Å². The first-order valence-electron chi connectivity index (χ1n) is 10.1. The number of alkyl halides is 2. The summed E-state index contributed by atoms with van der Waals surface area (Å²) in [5.74, 6) is -2.51. The minimum Gasteiger partial charge on any atom is -0.433 e. The molecule has 3 amide bonds. The van der Waals surface area contributed by atoms with Gasteiger partial charge in [0.1, 0.15) is 5.75 Å². The van der Waals surface area contributed by atoms with Crippen molar-refractivity contribution < 1.29 is 27.9 Å². The number of hydrogen-bond acceptors (Lipinski definition) is 7. The Hall–Kier alpha value is -4.06. The zero-order chi connectivity index (χ0) is 24.2. The van der Waals surface area contributed by atoms with Gasteiger partial charge in [-0.15, -0.1) is 11.3 Å². The fourth-order valence-electron chi connectivity index (χ4n) is 3.34. The average molecular weight is 487 g/mol. The summed E-state index contributed by atoms with van der Waals surface area (Å²) in [4.78, 5) is 44.1. The lowest BCUT2D eigenvalue weighted by Crippen LogP contribution is -2.42. The zero-order valence-electron chi connectivity index (χ0n) is 17.6. The van der Waals surface area contributed by atoms with Crippen LogP contribution in [0.1, 0.15) is 20.4 Å². The third kappa shape index (κ3) is 5.12. The van der Waals surface area contributed by atoms with E-state index < -0.39 is 24.3 Å². The van der Waals surface area contributed by atoms with E-state index in [1.807, 2.05) is 0 Å². The van der Waals surface area contributed by atoms with Crippen LogP contribution in [0.15, 0.2) is 48.5 Å². The van der Waals surface area contributed by atoms with Crippen LogP contribution in [0.4, 0.5) is 25.8 Å². The Morgan fingerprint density at radius 3 is 2.50 bits per heavy atom. The lowest BCUT2D eigenvalue weighted by Gasteiger charge is -2.25. The summed E-state index contributed by atoms with van der Waals surface area (Å²) in [5, 5.41) is 5.24. The molecule has 0 saturated carbocycles. The van der Waals surface area contributed by atoms with Crippen LogP contribution in [0.25, 0.3) is 0 Å². The lowest BCUT2D eigenvalue weighted by atomic mass is 10.1. The second kappa shape index (κ2) is 9.83. The van der Waals surface area contributed by atoms with Crippen molar-refractivity contribution in [2.24, 2.45) is 0 Å². The highest BCUT2D eigenvalue weighted by molar-refractivity contribution is 7.13. The molecule has 34 heavy (non-hydrogen) atoms. The van der Waals surface area contributed by atoms with Gasteiger partial charge in [0.2, 0.25) is 0 Å². The summed E-state index contributed by atoms with van der Waals surface area (Å²) in [7, 11) is 0. The number of nitrogens with zero attached hydrogens (tertiary/aromatic N) is 2. The molecular weight excluding hydrogens is 468 g/mol. The molecule has 2 aromatic carbocycles. The molecule has 9 nitrogen and oxygen atoms in total. The number of benzene rings is 2. The zero-order valence-corrected chi connectivity index (χ0v) is 18.4. The van der Waals surface area contributed by atoms with E-state index in [-0.39, 0.29) is 29.5 Å². The number of anilines is 3. The van der Waals surface area contributed by atoms with E-state index in [1.54, 1.807) is 24.3 Å². The third-order valence-corrected chi connectivity index (χ3v) is 6.05. The quantitative estimate of drug-likeness (QED) is 0.375. The first-order valence-corrected chi connectivity index (χ1v) is 10.9. The van der Waals surface area contributed by atoms with Crippen molar-refractivity contribution in [3.63, 3.8) is 0 Å². The largest absolute Gasteiger partial charge is 0.433 e. The number of halogens is 2.